The normalized spacial score (nSPS) is 10.6. The van der Waals surface area contributed by atoms with E-state index in [1.54, 1.807) is 23.6 Å². The Kier molecular flexibility index (Phi) is 3.00. The quantitative estimate of drug-likeness (QED) is 0.770. The standard InChI is InChI=1S/C14H9NO4S/c16-10-3-1-2-8(4-10)13-15-11(7-20-13)12-5-9(6-19-12)14(17)18/h1-7,16H,(H,17,18). The van der Waals surface area contributed by atoms with Gasteiger partial charge in [-0.3, -0.25) is 0 Å². The third kappa shape index (κ3) is 2.28. The molecule has 2 heterocycles. The molecular weight excluding hydrogens is 278 g/mol. The number of thiazole rings is 1. The van der Waals surface area contributed by atoms with Crippen LogP contribution in [0.3, 0.4) is 0 Å². The lowest BCUT2D eigenvalue weighted by Crippen LogP contribution is -1.91. The summed E-state index contributed by atoms with van der Waals surface area (Å²) in [6, 6.07) is 8.22. The van der Waals surface area contributed by atoms with Gasteiger partial charge in [0.25, 0.3) is 0 Å². The molecule has 0 amide bonds. The number of carboxylic acid groups (broad SMARTS) is 1. The highest BCUT2D eigenvalue weighted by Crippen LogP contribution is 2.31. The first kappa shape index (κ1) is 12.4. The van der Waals surface area contributed by atoms with Crippen LogP contribution < -0.4 is 0 Å². The number of carbonyl (C=O) groups is 1. The topological polar surface area (TPSA) is 83.6 Å². The number of hydrogen-bond acceptors (Lipinski definition) is 5. The van der Waals surface area contributed by atoms with Crippen LogP contribution in [0.4, 0.5) is 0 Å². The Bertz CT molecular complexity index is 775. The predicted molar refractivity (Wildman–Crippen MR) is 73.9 cm³/mol. The zero-order chi connectivity index (χ0) is 14.1. The van der Waals surface area contributed by atoms with Crippen molar-refractivity contribution in [3.05, 3.63) is 47.5 Å². The summed E-state index contributed by atoms with van der Waals surface area (Å²) >= 11 is 1.39. The molecule has 2 N–H and O–H groups in total. The van der Waals surface area contributed by atoms with Gasteiger partial charge in [-0.2, -0.15) is 0 Å². The fourth-order valence-electron chi connectivity index (χ4n) is 1.74. The Labute approximate surface area is 117 Å². The minimum Gasteiger partial charge on any atom is -0.508 e. The zero-order valence-electron chi connectivity index (χ0n) is 10.1. The van der Waals surface area contributed by atoms with E-state index in [0.717, 1.165) is 10.6 Å². The summed E-state index contributed by atoms with van der Waals surface area (Å²) < 4.78 is 5.20. The number of phenolic OH excluding ortho intramolecular Hbond substituents is 1. The lowest BCUT2D eigenvalue weighted by atomic mass is 10.2. The molecule has 0 unspecified atom stereocenters. The Morgan fingerprint density at radius 3 is 2.85 bits per heavy atom. The van der Waals surface area contributed by atoms with Crippen LogP contribution in [0.15, 0.2) is 46.4 Å². The maximum Gasteiger partial charge on any atom is 0.338 e. The minimum atomic E-state index is -1.04. The molecule has 0 atom stereocenters. The van der Waals surface area contributed by atoms with Crippen LogP contribution in [0.1, 0.15) is 10.4 Å². The lowest BCUT2D eigenvalue weighted by molar-refractivity contribution is 0.0696. The molecule has 0 saturated heterocycles. The van der Waals surface area contributed by atoms with Gasteiger partial charge in [0.05, 0.1) is 5.56 Å². The average Bonchev–Trinajstić information content (AvgIpc) is 3.08. The van der Waals surface area contributed by atoms with E-state index in [-0.39, 0.29) is 11.3 Å². The molecular formula is C14H9NO4S. The molecule has 1 aromatic carbocycles. The molecule has 0 aliphatic carbocycles. The van der Waals surface area contributed by atoms with E-state index in [1.807, 2.05) is 6.07 Å². The van der Waals surface area contributed by atoms with E-state index in [4.69, 9.17) is 9.52 Å². The molecule has 0 fully saturated rings. The van der Waals surface area contributed by atoms with Gasteiger partial charge < -0.3 is 14.6 Å². The van der Waals surface area contributed by atoms with Crippen molar-refractivity contribution in [3.63, 3.8) is 0 Å². The Balaban J connectivity index is 1.95. The number of carboxylic acids is 1. The van der Waals surface area contributed by atoms with E-state index < -0.39 is 5.97 Å². The minimum absolute atomic E-state index is 0.0897. The fourth-order valence-corrected chi connectivity index (χ4v) is 2.55. The van der Waals surface area contributed by atoms with Crippen LogP contribution in [-0.4, -0.2) is 21.2 Å². The number of furan rings is 1. The van der Waals surface area contributed by atoms with Crippen LogP contribution in [0.2, 0.25) is 0 Å². The van der Waals surface area contributed by atoms with Gasteiger partial charge in [0.15, 0.2) is 5.76 Å². The smallest absolute Gasteiger partial charge is 0.338 e. The van der Waals surface area contributed by atoms with Crippen LogP contribution in [0.25, 0.3) is 22.0 Å². The Morgan fingerprint density at radius 1 is 1.30 bits per heavy atom. The van der Waals surface area contributed by atoms with Crippen molar-refractivity contribution in [1.29, 1.82) is 0 Å². The molecule has 0 spiro atoms. The fraction of sp³-hybridized carbons (Fsp3) is 0. The number of rotatable bonds is 3. The summed E-state index contributed by atoms with van der Waals surface area (Å²) in [7, 11) is 0. The maximum atomic E-state index is 10.8. The number of aromatic nitrogens is 1. The van der Waals surface area contributed by atoms with E-state index in [0.29, 0.717) is 11.5 Å². The Morgan fingerprint density at radius 2 is 2.15 bits per heavy atom. The van der Waals surface area contributed by atoms with Gasteiger partial charge in [-0.15, -0.1) is 11.3 Å². The molecule has 0 saturated carbocycles. The summed E-state index contributed by atoms with van der Waals surface area (Å²) in [5, 5.41) is 20.8. The van der Waals surface area contributed by atoms with Gasteiger partial charge in [0.1, 0.15) is 22.7 Å². The van der Waals surface area contributed by atoms with E-state index in [9.17, 15) is 9.90 Å². The second-order valence-corrected chi connectivity index (χ2v) is 4.95. The molecule has 3 aromatic rings. The summed E-state index contributed by atoms with van der Waals surface area (Å²) in [5.74, 6) is -0.459. The first-order valence-electron chi connectivity index (χ1n) is 5.70. The maximum absolute atomic E-state index is 10.8. The van der Waals surface area contributed by atoms with E-state index >= 15 is 0 Å². The van der Waals surface area contributed by atoms with Gasteiger partial charge in [-0.1, -0.05) is 12.1 Å². The lowest BCUT2D eigenvalue weighted by Gasteiger charge is -1.96. The molecule has 0 aliphatic heterocycles. The molecule has 3 rings (SSSR count). The SMILES string of the molecule is O=C(O)c1coc(-c2csc(-c3cccc(O)c3)n2)c1. The van der Waals surface area contributed by atoms with Crippen molar-refractivity contribution >= 4 is 17.3 Å². The number of phenols is 1. The third-order valence-corrected chi connectivity index (χ3v) is 3.59. The van der Waals surface area contributed by atoms with Gasteiger partial charge in [-0.05, 0) is 12.1 Å². The van der Waals surface area contributed by atoms with Crippen LogP contribution in [0.5, 0.6) is 5.75 Å². The van der Waals surface area contributed by atoms with Gasteiger partial charge in [0, 0.05) is 17.0 Å². The molecule has 0 aliphatic rings. The molecule has 6 heteroatoms. The monoisotopic (exact) mass is 287 g/mol. The summed E-state index contributed by atoms with van der Waals surface area (Å²) in [4.78, 5) is 15.2. The highest BCUT2D eigenvalue weighted by atomic mass is 32.1. The molecule has 2 aromatic heterocycles. The largest absolute Gasteiger partial charge is 0.508 e. The summed E-state index contributed by atoms with van der Waals surface area (Å²) in [6.07, 6.45) is 1.19. The van der Waals surface area contributed by atoms with Crippen molar-refractivity contribution in [2.75, 3.05) is 0 Å². The third-order valence-electron chi connectivity index (χ3n) is 2.70. The molecule has 0 bridgehead atoms. The molecule has 20 heavy (non-hydrogen) atoms. The number of benzene rings is 1. The highest BCUT2D eigenvalue weighted by Gasteiger charge is 2.13. The first-order chi connectivity index (χ1) is 9.63. The first-order valence-corrected chi connectivity index (χ1v) is 6.58. The van der Waals surface area contributed by atoms with Crippen LogP contribution in [-0.2, 0) is 0 Å². The van der Waals surface area contributed by atoms with Gasteiger partial charge in [0.2, 0.25) is 0 Å². The van der Waals surface area contributed by atoms with Crippen molar-refractivity contribution < 1.29 is 19.4 Å². The summed E-state index contributed by atoms with van der Waals surface area (Å²) in [5.41, 5.74) is 1.46. The number of aromatic carboxylic acids is 1. The molecule has 5 nitrogen and oxygen atoms in total. The van der Waals surface area contributed by atoms with Gasteiger partial charge in [-0.25, -0.2) is 9.78 Å². The highest BCUT2D eigenvalue weighted by molar-refractivity contribution is 7.13. The number of hydrogen-bond donors (Lipinski definition) is 2. The van der Waals surface area contributed by atoms with Gasteiger partial charge >= 0.3 is 5.97 Å². The zero-order valence-corrected chi connectivity index (χ0v) is 10.9. The average molecular weight is 287 g/mol. The predicted octanol–water partition coefficient (Wildman–Crippen LogP) is 3.47. The molecule has 100 valence electrons. The Hall–Kier alpha value is -2.60. The number of nitrogens with zero attached hydrogens (tertiary/aromatic N) is 1. The second kappa shape index (κ2) is 4.82. The number of aromatic hydroxyl groups is 1. The van der Waals surface area contributed by atoms with Crippen LogP contribution in [0, 0.1) is 0 Å². The summed E-state index contributed by atoms with van der Waals surface area (Å²) in [6.45, 7) is 0. The molecule has 0 radical (unpaired) electrons. The van der Waals surface area contributed by atoms with Crippen molar-refractivity contribution in [1.82, 2.24) is 4.98 Å². The second-order valence-electron chi connectivity index (χ2n) is 4.09. The van der Waals surface area contributed by atoms with Crippen molar-refractivity contribution in [2.24, 2.45) is 0 Å². The van der Waals surface area contributed by atoms with Crippen molar-refractivity contribution in [2.45, 2.75) is 0 Å². The van der Waals surface area contributed by atoms with Crippen molar-refractivity contribution in [3.8, 4) is 27.8 Å². The van der Waals surface area contributed by atoms with E-state index in [2.05, 4.69) is 4.98 Å². The van der Waals surface area contributed by atoms with E-state index in [1.165, 1.54) is 23.7 Å². The van der Waals surface area contributed by atoms with Crippen LogP contribution >= 0.6 is 11.3 Å².